The van der Waals surface area contributed by atoms with Crippen LogP contribution in [0.3, 0.4) is 0 Å². The Morgan fingerprint density at radius 1 is 0.969 bits per heavy atom. The highest BCUT2D eigenvalue weighted by Crippen LogP contribution is 2.24. The van der Waals surface area contributed by atoms with Crippen LogP contribution in [-0.4, -0.2) is 37.4 Å². The van der Waals surface area contributed by atoms with Crippen LogP contribution >= 0.6 is 0 Å². The van der Waals surface area contributed by atoms with Crippen molar-refractivity contribution in [3.63, 3.8) is 0 Å². The number of ether oxygens (including phenoxy) is 1. The van der Waals surface area contributed by atoms with Crippen molar-refractivity contribution in [1.82, 2.24) is 0 Å². The third-order valence-corrected chi connectivity index (χ3v) is 4.48. The average Bonchev–Trinajstić information content (AvgIpc) is 2.81. The molecule has 0 aliphatic carbocycles. The second-order valence-corrected chi connectivity index (χ2v) is 6.93. The molecule has 0 bridgehead atoms. The van der Waals surface area contributed by atoms with E-state index in [4.69, 9.17) is 4.74 Å². The molecule has 0 aliphatic rings. The molecule has 3 aromatic carbocycles. The molecule has 0 radical (unpaired) electrons. The van der Waals surface area contributed by atoms with Gasteiger partial charge in [0, 0.05) is 37.5 Å². The van der Waals surface area contributed by atoms with Crippen molar-refractivity contribution in [1.29, 1.82) is 0 Å². The van der Waals surface area contributed by atoms with Gasteiger partial charge in [0.05, 0.1) is 16.2 Å². The minimum absolute atomic E-state index is 0.0844. The number of rotatable bonds is 8. The van der Waals surface area contributed by atoms with E-state index >= 15 is 0 Å². The zero-order valence-electron chi connectivity index (χ0n) is 17.5. The van der Waals surface area contributed by atoms with Crippen molar-refractivity contribution < 1.29 is 19.2 Å². The Labute approximate surface area is 184 Å². The van der Waals surface area contributed by atoms with Gasteiger partial charge in [0.15, 0.2) is 6.61 Å². The molecule has 0 fully saturated rings. The number of nitro groups is 1. The number of hydrogen-bond acceptors (Lipinski definition) is 8. The minimum Gasteiger partial charge on any atom is -0.454 e. The first kappa shape index (κ1) is 22.3. The van der Waals surface area contributed by atoms with E-state index < -0.39 is 23.3 Å². The molecule has 0 aromatic heterocycles. The van der Waals surface area contributed by atoms with Crippen LogP contribution in [0.4, 0.5) is 22.7 Å². The van der Waals surface area contributed by atoms with Gasteiger partial charge in [0.2, 0.25) is 5.78 Å². The second-order valence-electron chi connectivity index (χ2n) is 6.93. The zero-order chi connectivity index (χ0) is 23.1. The lowest BCUT2D eigenvalue weighted by Crippen LogP contribution is -2.14. The van der Waals surface area contributed by atoms with Gasteiger partial charge in [-0.25, -0.2) is 4.79 Å². The fraction of sp³-hybridized carbons (Fsp3) is 0.130. The van der Waals surface area contributed by atoms with Gasteiger partial charge >= 0.3 is 5.97 Å². The number of carbonyl (C=O) groups excluding carboxylic acids is 2. The third kappa shape index (κ3) is 5.60. The number of carbonyl (C=O) groups is 2. The summed E-state index contributed by atoms with van der Waals surface area (Å²) in [5.41, 5.74) is 1.93. The molecule has 0 aliphatic heterocycles. The van der Waals surface area contributed by atoms with Crippen LogP contribution in [0.25, 0.3) is 0 Å². The summed E-state index contributed by atoms with van der Waals surface area (Å²) in [5, 5.41) is 19.2. The highest BCUT2D eigenvalue weighted by Gasteiger charge is 2.17. The van der Waals surface area contributed by atoms with Crippen molar-refractivity contribution in [2.24, 2.45) is 10.2 Å². The van der Waals surface area contributed by atoms with Gasteiger partial charge in [-0.3, -0.25) is 14.9 Å². The van der Waals surface area contributed by atoms with Crippen molar-refractivity contribution in [3.8, 4) is 0 Å². The molecule has 0 amide bonds. The van der Waals surface area contributed by atoms with E-state index in [2.05, 4.69) is 10.2 Å². The van der Waals surface area contributed by atoms with Crippen LogP contribution in [0.5, 0.6) is 0 Å². The Balaban J connectivity index is 1.69. The Kier molecular flexibility index (Phi) is 7.02. The molecular weight excluding hydrogens is 412 g/mol. The van der Waals surface area contributed by atoms with Crippen LogP contribution in [0.2, 0.25) is 0 Å². The van der Waals surface area contributed by atoms with E-state index in [0.717, 1.165) is 11.8 Å². The average molecular weight is 432 g/mol. The fourth-order valence-corrected chi connectivity index (χ4v) is 2.75. The predicted octanol–water partition coefficient (Wildman–Crippen LogP) is 5.12. The zero-order valence-corrected chi connectivity index (χ0v) is 17.5. The van der Waals surface area contributed by atoms with E-state index in [-0.39, 0.29) is 22.5 Å². The largest absolute Gasteiger partial charge is 0.454 e. The fourth-order valence-electron chi connectivity index (χ4n) is 2.75. The molecule has 9 nitrogen and oxygen atoms in total. The third-order valence-electron chi connectivity index (χ3n) is 4.48. The van der Waals surface area contributed by atoms with Crippen molar-refractivity contribution >= 4 is 34.5 Å². The quantitative estimate of drug-likeness (QED) is 0.160. The topological polar surface area (TPSA) is 114 Å². The molecule has 0 N–H and O–H groups in total. The minimum atomic E-state index is -0.749. The van der Waals surface area contributed by atoms with Crippen LogP contribution in [0.1, 0.15) is 20.7 Å². The SMILES string of the molecule is CN(C)c1ccc(N=Nc2ccccc2C(=O)OCC(=O)c2cccc([N+](=O)[O-])c2)cc1. The number of benzene rings is 3. The number of nitro benzene ring substituents is 1. The monoisotopic (exact) mass is 432 g/mol. The molecular formula is C23H20N4O5. The van der Waals surface area contributed by atoms with Crippen LogP contribution in [0, 0.1) is 10.1 Å². The number of Topliss-reactive ketones (excluding diaryl/α,β-unsaturated/α-hetero) is 1. The maximum atomic E-state index is 12.5. The number of hydrogen-bond donors (Lipinski definition) is 0. The van der Waals surface area contributed by atoms with E-state index in [1.54, 1.807) is 30.3 Å². The van der Waals surface area contributed by atoms with Crippen LogP contribution in [-0.2, 0) is 4.74 Å². The Bertz CT molecular complexity index is 1170. The van der Waals surface area contributed by atoms with E-state index in [0.29, 0.717) is 5.69 Å². The molecule has 3 aromatic rings. The van der Waals surface area contributed by atoms with Gasteiger partial charge in [0.1, 0.15) is 5.69 Å². The van der Waals surface area contributed by atoms with Crippen molar-refractivity contribution in [2.45, 2.75) is 0 Å². The lowest BCUT2D eigenvalue weighted by molar-refractivity contribution is -0.384. The summed E-state index contributed by atoms with van der Waals surface area (Å²) in [6, 6.07) is 19.1. The number of ketones is 1. The molecule has 0 heterocycles. The summed E-state index contributed by atoms with van der Waals surface area (Å²) < 4.78 is 5.11. The van der Waals surface area contributed by atoms with Gasteiger partial charge in [-0.15, -0.1) is 5.11 Å². The summed E-state index contributed by atoms with van der Waals surface area (Å²) in [6.07, 6.45) is 0. The van der Waals surface area contributed by atoms with E-state index in [1.165, 1.54) is 24.3 Å². The van der Waals surface area contributed by atoms with Crippen molar-refractivity contribution in [2.75, 3.05) is 25.6 Å². The van der Waals surface area contributed by atoms with Gasteiger partial charge in [-0.2, -0.15) is 5.11 Å². The Morgan fingerprint density at radius 2 is 1.69 bits per heavy atom. The molecule has 0 spiro atoms. The summed E-state index contributed by atoms with van der Waals surface area (Å²) in [6.45, 7) is -0.558. The lowest BCUT2D eigenvalue weighted by Gasteiger charge is -2.11. The first-order chi connectivity index (χ1) is 15.3. The van der Waals surface area contributed by atoms with Crippen molar-refractivity contribution in [3.05, 3.63) is 94.0 Å². The van der Waals surface area contributed by atoms with Crippen LogP contribution in [0.15, 0.2) is 83.0 Å². The predicted molar refractivity (Wildman–Crippen MR) is 119 cm³/mol. The second kappa shape index (κ2) is 10.1. The Hall–Kier alpha value is -4.40. The smallest absolute Gasteiger partial charge is 0.340 e. The molecule has 9 heteroatoms. The van der Waals surface area contributed by atoms with Gasteiger partial charge < -0.3 is 9.64 Å². The van der Waals surface area contributed by atoms with E-state index in [1.807, 2.05) is 31.1 Å². The maximum absolute atomic E-state index is 12.5. The molecule has 0 saturated carbocycles. The molecule has 32 heavy (non-hydrogen) atoms. The Morgan fingerprint density at radius 3 is 2.38 bits per heavy atom. The standard InChI is InChI=1S/C23H20N4O5/c1-26(2)18-12-10-17(11-13-18)24-25-21-9-4-3-8-20(21)23(29)32-15-22(28)16-6-5-7-19(14-16)27(30)31/h3-14H,15H2,1-2H3. The van der Waals surface area contributed by atoms with Gasteiger partial charge in [0.25, 0.3) is 5.69 Å². The first-order valence-electron chi connectivity index (χ1n) is 9.58. The van der Waals surface area contributed by atoms with Gasteiger partial charge in [-0.1, -0.05) is 24.3 Å². The summed E-state index contributed by atoms with van der Waals surface area (Å²) in [5.74, 6) is -1.30. The number of non-ortho nitro benzene ring substituents is 1. The molecule has 0 saturated heterocycles. The highest BCUT2D eigenvalue weighted by molar-refractivity contribution is 6.00. The lowest BCUT2D eigenvalue weighted by atomic mass is 10.1. The molecule has 0 atom stereocenters. The molecule has 162 valence electrons. The normalized spacial score (nSPS) is 10.7. The first-order valence-corrected chi connectivity index (χ1v) is 9.58. The van der Waals surface area contributed by atoms with E-state index in [9.17, 15) is 19.7 Å². The summed E-state index contributed by atoms with van der Waals surface area (Å²) >= 11 is 0. The molecule has 0 unspecified atom stereocenters. The number of anilines is 1. The maximum Gasteiger partial charge on any atom is 0.340 e. The van der Waals surface area contributed by atoms with Crippen LogP contribution < -0.4 is 4.90 Å². The number of nitrogens with zero attached hydrogens (tertiary/aromatic N) is 4. The molecule has 3 rings (SSSR count). The summed E-state index contributed by atoms with van der Waals surface area (Å²) in [4.78, 5) is 37.0. The highest BCUT2D eigenvalue weighted by atomic mass is 16.6. The number of azo groups is 1. The summed E-state index contributed by atoms with van der Waals surface area (Å²) in [7, 11) is 3.87. The number of esters is 1. The van der Waals surface area contributed by atoms with Gasteiger partial charge in [-0.05, 0) is 36.4 Å².